The number of para-hydroxylation sites is 2. The van der Waals surface area contributed by atoms with E-state index in [-0.39, 0.29) is 11.3 Å². The van der Waals surface area contributed by atoms with Gasteiger partial charge in [-0.15, -0.1) is 0 Å². The van der Waals surface area contributed by atoms with Crippen molar-refractivity contribution in [1.29, 1.82) is 0 Å². The predicted octanol–water partition coefficient (Wildman–Crippen LogP) is 6.27. The Morgan fingerprint density at radius 1 is 0.909 bits per heavy atom. The van der Waals surface area contributed by atoms with Crippen LogP contribution in [0.4, 0.5) is 0 Å². The Morgan fingerprint density at radius 3 is 2.21 bits per heavy atom. The second kappa shape index (κ2) is 8.74. The first kappa shape index (κ1) is 22.6. The van der Waals surface area contributed by atoms with Crippen molar-refractivity contribution in [1.82, 2.24) is 10.3 Å². The van der Waals surface area contributed by atoms with E-state index < -0.39 is 5.60 Å². The van der Waals surface area contributed by atoms with Crippen molar-refractivity contribution >= 4 is 17.0 Å². The van der Waals surface area contributed by atoms with Crippen molar-refractivity contribution in [3.8, 4) is 17.2 Å². The number of nitrogens with one attached hydrogen (secondary N) is 1. The monoisotopic (exact) mass is 442 g/mol. The Morgan fingerprint density at radius 2 is 1.58 bits per heavy atom. The van der Waals surface area contributed by atoms with Crippen LogP contribution in [-0.2, 0) is 16.8 Å². The largest absolute Gasteiger partial charge is 0.478 e. The number of rotatable bonds is 6. The Balaban J connectivity index is 1.36. The minimum absolute atomic E-state index is 0.0709. The van der Waals surface area contributed by atoms with Crippen LogP contribution < -0.4 is 10.1 Å². The van der Waals surface area contributed by atoms with Crippen molar-refractivity contribution in [2.24, 2.45) is 0 Å². The van der Waals surface area contributed by atoms with Gasteiger partial charge in [0.25, 0.3) is 5.91 Å². The number of carbonyl (C=O) groups is 1. The molecule has 0 bridgehead atoms. The number of oxazole rings is 1. The first-order valence-electron chi connectivity index (χ1n) is 11.1. The number of fused-ring (bicyclic) bond motifs is 1. The maximum Gasteiger partial charge on any atom is 0.263 e. The summed E-state index contributed by atoms with van der Waals surface area (Å²) in [6.45, 7) is 10.5. The lowest BCUT2D eigenvalue weighted by Gasteiger charge is -2.26. The lowest BCUT2D eigenvalue weighted by molar-refractivity contribution is -0.134. The normalized spacial score (nSPS) is 12.0. The van der Waals surface area contributed by atoms with Gasteiger partial charge in [0.15, 0.2) is 11.2 Å². The molecule has 0 saturated carbocycles. The Labute approximate surface area is 194 Å². The highest BCUT2D eigenvalue weighted by Gasteiger charge is 2.30. The van der Waals surface area contributed by atoms with Crippen LogP contribution in [0.15, 0.2) is 77.2 Å². The number of nitrogens with zero attached hydrogens (tertiary/aromatic N) is 1. The minimum Gasteiger partial charge on any atom is -0.478 e. The summed E-state index contributed by atoms with van der Waals surface area (Å²) < 4.78 is 11.8. The summed E-state index contributed by atoms with van der Waals surface area (Å²) >= 11 is 0. The summed E-state index contributed by atoms with van der Waals surface area (Å²) in [5, 5.41) is 2.97. The average Bonchev–Trinajstić information content (AvgIpc) is 3.21. The lowest BCUT2D eigenvalue weighted by atomic mass is 9.87. The van der Waals surface area contributed by atoms with Gasteiger partial charge in [0.05, 0.1) is 0 Å². The van der Waals surface area contributed by atoms with Gasteiger partial charge in [0, 0.05) is 12.1 Å². The molecule has 33 heavy (non-hydrogen) atoms. The molecule has 5 nitrogen and oxygen atoms in total. The highest BCUT2D eigenvalue weighted by atomic mass is 16.5. The number of carbonyl (C=O) groups excluding carboxylic acids is 1. The van der Waals surface area contributed by atoms with Gasteiger partial charge in [-0.2, -0.15) is 0 Å². The van der Waals surface area contributed by atoms with E-state index in [4.69, 9.17) is 9.15 Å². The van der Waals surface area contributed by atoms with Crippen LogP contribution in [0, 0.1) is 0 Å². The van der Waals surface area contributed by atoms with E-state index >= 15 is 0 Å². The molecule has 0 aliphatic heterocycles. The third-order valence-corrected chi connectivity index (χ3v) is 5.59. The standard InChI is InChI=1S/C28H30N2O3/c1-27(2,3)21-14-16-22(17-15-21)33-28(4,5)26(31)29-18-19-10-12-20(13-11-19)25-30-23-8-6-7-9-24(23)32-25/h6-17H,18H2,1-5H3,(H,29,31). The fourth-order valence-electron chi connectivity index (χ4n) is 3.52. The molecule has 0 aliphatic rings. The molecular formula is C28H30N2O3. The highest BCUT2D eigenvalue weighted by molar-refractivity contribution is 5.84. The van der Waals surface area contributed by atoms with Crippen molar-refractivity contribution in [3.63, 3.8) is 0 Å². The molecule has 0 fully saturated rings. The lowest BCUT2D eigenvalue weighted by Crippen LogP contribution is -2.46. The fourth-order valence-corrected chi connectivity index (χ4v) is 3.52. The number of aromatic nitrogens is 1. The van der Waals surface area contributed by atoms with Crippen molar-refractivity contribution in [2.45, 2.75) is 52.2 Å². The third-order valence-electron chi connectivity index (χ3n) is 5.59. The molecule has 0 atom stereocenters. The van der Waals surface area contributed by atoms with Gasteiger partial charge in [0.1, 0.15) is 11.3 Å². The Kier molecular flexibility index (Phi) is 5.98. The number of benzene rings is 3. The van der Waals surface area contributed by atoms with E-state index in [1.807, 2.05) is 72.8 Å². The van der Waals surface area contributed by atoms with E-state index in [0.29, 0.717) is 18.2 Å². The second-order valence-electron chi connectivity index (χ2n) is 9.75. The molecule has 4 rings (SSSR count). The summed E-state index contributed by atoms with van der Waals surface area (Å²) in [6.07, 6.45) is 0. The van der Waals surface area contributed by atoms with Gasteiger partial charge in [-0.3, -0.25) is 4.79 Å². The van der Waals surface area contributed by atoms with Gasteiger partial charge in [-0.25, -0.2) is 4.98 Å². The molecule has 170 valence electrons. The maximum absolute atomic E-state index is 12.8. The number of hydrogen-bond acceptors (Lipinski definition) is 4. The quantitative estimate of drug-likeness (QED) is 0.382. The van der Waals surface area contributed by atoms with Crippen LogP contribution in [0.1, 0.15) is 45.7 Å². The smallest absolute Gasteiger partial charge is 0.263 e. The minimum atomic E-state index is -0.999. The van der Waals surface area contributed by atoms with Crippen LogP contribution in [-0.4, -0.2) is 16.5 Å². The van der Waals surface area contributed by atoms with Gasteiger partial charge in [0.2, 0.25) is 5.89 Å². The van der Waals surface area contributed by atoms with Crippen LogP contribution in [0.5, 0.6) is 5.75 Å². The first-order chi connectivity index (χ1) is 15.6. The van der Waals surface area contributed by atoms with Gasteiger partial charge < -0.3 is 14.5 Å². The highest BCUT2D eigenvalue weighted by Crippen LogP contribution is 2.27. The van der Waals surface area contributed by atoms with Crippen molar-refractivity contribution in [3.05, 3.63) is 83.9 Å². The molecule has 5 heteroatoms. The van der Waals surface area contributed by atoms with Crippen LogP contribution in [0.3, 0.4) is 0 Å². The van der Waals surface area contributed by atoms with Gasteiger partial charge >= 0.3 is 0 Å². The van der Waals surface area contributed by atoms with Crippen molar-refractivity contribution < 1.29 is 13.9 Å². The molecule has 1 heterocycles. The molecule has 0 saturated heterocycles. The van der Waals surface area contributed by atoms with E-state index in [2.05, 4.69) is 31.1 Å². The fraction of sp³-hybridized carbons (Fsp3) is 0.286. The van der Waals surface area contributed by atoms with Gasteiger partial charge in [-0.1, -0.05) is 57.2 Å². The predicted molar refractivity (Wildman–Crippen MR) is 131 cm³/mol. The summed E-state index contributed by atoms with van der Waals surface area (Å²) in [6, 6.07) is 23.4. The van der Waals surface area contributed by atoms with E-state index in [0.717, 1.165) is 22.2 Å². The third kappa shape index (κ3) is 5.25. The zero-order chi connectivity index (χ0) is 23.6. The van der Waals surface area contributed by atoms with E-state index in [1.54, 1.807) is 13.8 Å². The Bertz CT molecular complexity index is 1210. The molecule has 0 radical (unpaired) electrons. The second-order valence-corrected chi connectivity index (χ2v) is 9.75. The Hall–Kier alpha value is -3.60. The molecule has 4 aromatic rings. The van der Waals surface area contributed by atoms with Crippen molar-refractivity contribution in [2.75, 3.05) is 0 Å². The maximum atomic E-state index is 12.8. The molecule has 3 aromatic carbocycles. The van der Waals surface area contributed by atoms with Crippen LogP contribution in [0.25, 0.3) is 22.6 Å². The topological polar surface area (TPSA) is 64.4 Å². The summed E-state index contributed by atoms with van der Waals surface area (Å²) in [5.74, 6) is 1.08. The SMILES string of the molecule is CC(C)(Oc1ccc(C(C)(C)C)cc1)C(=O)NCc1ccc(-c2nc3ccccc3o2)cc1. The number of hydrogen-bond donors (Lipinski definition) is 1. The van der Waals surface area contributed by atoms with E-state index in [9.17, 15) is 4.79 Å². The molecule has 0 spiro atoms. The van der Waals surface area contributed by atoms with Gasteiger partial charge in [-0.05, 0) is 66.8 Å². The first-order valence-corrected chi connectivity index (χ1v) is 11.1. The number of amides is 1. The number of ether oxygens (including phenoxy) is 1. The van der Waals surface area contributed by atoms with Crippen LogP contribution >= 0.6 is 0 Å². The molecule has 1 aromatic heterocycles. The zero-order valence-corrected chi connectivity index (χ0v) is 19.8. The molecule has 0 aliphatic carbocycles. The van der Waals surface area contributed by atoms with E-state index in [1.165, 1.54) is 5.56 Å². The molecule has 0 unspecified atom stereocenters. The summed E-state index contributed by atoms with van der Waals surface area (Å²) in [4.78, 5) is 17.3. The zero-order valence-electron chi connectivity index (χ0n) is 19.8. The summed E-state index contributed by atoms with van der Waals surface area (Å²) in [5.41, 5.74) is 3.76. The average molecular weight is 443 g/mol. The van der Waals surface area contributed by atoms with Crippen LogP contribution in [0.2, 0.25) is 0 Å². The molecule has 1 amide bonds. The molecule has 1 N–H and O–H groups in total. The molecular weight excluding hydrogens is 412 g/mol. The summed E-state index contributed by atoms with van der Waals surface area (Å²) in [7, 11) is 0.